The SMILES string of the molecule is CC(C)Oc1cccc(-c2c[nH]c3ccc(/C4=N/NC=NCCC(N)CS4)cc23)n1. The predicted molar refractivity (Wildman–Crippen MR) is 125 cm³/mol. The first-order chi connectivity index (χ1) is 14.6. The monoisotopic (exact) mass is 422 g/mol. The number of thioether (sulfide) groups is 1. The first-order valence-electron chi connectivity index (χ1n) is 10.1. The van der Waals surface area contributed by atoms with E-state index in [1.165, 1.54) is 0 Å². The molecule has 0 radical (unpaired) electrons. The number of nitrogens with one attached hydrogen (secondary N) is 2. The van der Waals surface area contributed by atoms with Gasteiger partial charge in [0.1, 0.15) is 11.4 Å². The van der Waals surface area contributed by atoms with Gasteiger partial charge in [-0.25, -0.2) is 4.98 Å². The number of pyridine rings is 1. The standard InChI is InChI=1S/C22H26N6OS/c1-14(2)29-21-5-3-4-20(27-21)18-11-25-19-7-6-15(10-17(18)19)22-28-26-13-24-9-8-16(23)12-30-22/h3-7,10-11,13-14,16,25H,8-9,12,23H2,1-2H3,(H,24,26)/b28-22-. The highest BCUT2D eigenvalue weighted by molar-refractivity contribution is 8.14. The van der Waals surface area contributed by atoms with E-state index in [0.29, 0.717) is 12.4 Å². The number of hydrogen-bond donors (Lipinski definition) is 3. The number of hydrogen-bond acceptors (Lipinski definition) is 7. The van der Waals surface area contributed by atoms with Gasteiger partial charge in [0.15, 0.2) is 0 Å². The van der Waals surface area contributed by atoms with Gasteiger partial charge in [0, 0.05) is 52.6 Å². The number of aromatic amines is 1. The highest BCUT2D eigenvalue weighted by Gasteiger charge is 2.14. The number of fused-ring (bicyclic) bond motifs is 1. The second-order valence-corrected chi connectivity index (χ2v) is 8.44. The summed E-state index contributed by atoms with van der Waals surface area (Å²) < 4.78 is 5.77. The average molecular weight is 423 g/mol. The van der Waals surface area contributed by atoms with E-state index in [0.717, 1.165) is 44.9 Å². The molecule has 0 spiro atoms. The Hall–Kier alpha value is -2.84. The minimum Gasteiger partial charge on any atom is -0.475 e. The molecule has 8 heteroatoms. The van der Waals surface area contributed by atoms with Crippen LogP contribution in [0.4, 0.5) is 0 Å². The number of nitrogens with zero attached hydrogens (tertiary/aromatic N) is 3. The van der Waals surface area contributed by atoms with E-state index in [1.807, 2.05) is 38.2 Å². The van der Waals surface area contributed by atoms with Crippen molar-refractivity contribution in [2.45, 2.75) is 32.4 Å². The summed E-state index contributed by atoms with van der Waals surface area (Å²) in [6.45, 7) is 4.70. The summed E-state index contributed by atoms with van der Waals surface area (Å²) in [5.74, 6) is 1.42. The van der Waals surface area contributed by atoms with Gasteiger partial charge in [0.25, 0.3) is 0 Å². The molecule has 0 saturated heterocycles. The Bertz CT molecular complexity index is 1070. The highest BCUT2D eigenvalue weighted by atomic mass is 32.2. The number of aliphatic imine (C=N–C) groups is 1. The van der Waals surface area contributed by atoms with Crippen LogP contribution in [0.15, 0.2) is 52.7 Å². The molecule has 7 nitrogen and oxygen atoms in total. The Morgan fingerprint density at radius 3 is 3.00 bits per heavy atom. The summed E-state index contributed by atoms with van der Waals surface area (Å²) in [5.41, 5.74) is 13.1. The molecular weight excluding hydrogens is 396 g/mol. The molecule has 4 rings (SSSR count). The summed E-state index contributed by atoms with van der Waals surface area (Å²) in [6, 6.07) is 12.2. The maximum Gasteiger partial charge on any atom is 0.214 e. The first kappa shape index (κ1) is 20.4. The van der Waals surface area contributed by atoms with Crippen LogP contribution in [0.3, 0.4) is 0 Å². The van der Waals surface area contributed by atoms with Gasteiger partial charge in [-0.2, -0.15) is 5.10 Å². The summed E-state index contributed by atoms with van der Waals surface area (Å²) in [5, 5.41) is 6.48. The zero-order valence-corrected chi connectivity index (χ0v) is 17.9. The largest absolute Gasteiger partial charge is 0.475 e. The lowest BCUT2D eigenvalue weighted by atomic mass is 10.1. The quantitative estimate of drug-likeness (QED) is 0.594. The molecule has 0 saturated carbocycles. The zero-order chi connectivity index (χ0) is 20.9. The van der Waals surface area contributed by atoms with E-state index in [-0.39, 0.29) is 12.1 Å². The fourth-order valence-electron chi connectivity index (χ4n) is 3.22. The van der Waals surface area contributed by atoms with E-state index in [4.69, 9.17) is 10.5 Å². The first-order valence-corrected chi connectivity index (χ1v) is 11.0. The fourth-order valence-corrected chi connectivity index (χ4v) is 4.17. The van der Waals surface area contributed by atoms with Crippen LogP contribution >= 0.6 is 11.8 Å². The number of nitrogens with two attached hydrogens (primary N) is 1. The lowest BCUT2D eigenvalue weighted by Crippen LogP contribution is -2.25. The second kappa shape index (κ2) is 9.32. The Kier molecular flexibility index (Phi) is 6.35. The molecule has 1 aliphatic heterocycles. The van der Waals surface area contributed by atoms with Crippen LogP contribution in [-0.4, -0.2) is 45.8 Å². The maximum absolute atomic E-state index is 6.19. The van der Waals surface area contributed by atoms with Crippen molar-refractivity contribution in [2.24, 2.45) is 15.8 Å². The number of H-pyrrole nitrogens is 1. The van der Waals surface area contributed by atoms with Crippen molar-refractivity contribution in [3.8, 4) is 17.1 Å². The smallest absolute Gasteiger partial charge is 0.214 e. The normalized spacial score (nSPS) is 19.3. The van der Waals surface area contributed by atoms with E-state index >= 15 is 0 Å². The average Bonchev–Trinajstić information content (AvgIpc) is 3.16. The third kappa shape index (κ3) is 4.83. The molecule has 0 aliphatic carbocycles. The van der Waals surface area contributed by atoms with Gasteiger partial charge in [0.05, 0.1) is 11.8 Å². The molecule has 30 heavy (non-hydrogen) atoms. The lowest BCUT2D eigenvalue weighted by molar-refractivity contribution is 0.233. The Labute approximate surface area is 180 Å². The van der Waals surface area contributed by atoms with Crippen molar-refractivity contribution in [1.82, 2.24) is 15.4 Å². The number of ether oxygens (including phenoxy) is 1. The highest BCUT2D eigenvalue weighted by Crippen LogP contribution is 2.30. The molecule has 0 fully saturated rings. The predicted octanol–water partition coefficient (Wildman–Crippen LogP) is 3.76. The van der Waals surface area contributed by atoms with Crippen LogP contribution < -0.4 is 15.9 Å². The van der Waals surface area contributed by atoms with E-state index in [9.17, 15) is 0 Å². The second-order valence-electron chi connectivity index (χ2n) is 7.43. The van der Waals surface area contributed by atoms with Gasteiger partial charge in [-0.15, -0.1) is 11.8 Å². The van der Waals surface area contributed by atoms with E-state index in [2.05, 4.69) is 43.7 Å². The third-order valence-corrected chi connectivity index (χ3v) is 5.86. The molecule has 0 amide bonds. The van der Waals surface area contributed by atoms with Crippen LogP contribution in [-0.2, 0) is 0 Å². The molecule has 1 aliphatic rings. The molecule has 2 aromatic heterocycles. The van der Waals surface area contributed by atoms with Crippen LogP contribution in [0.25, 0.3) is 22.2 Å². The maximum atomic E-state index is 6.19. The fraction of sp³-hybridized carbons (Fsp3) is 0.318. The van der Waals surface area contributed by atoms with E-state index in [1.54, 1.807) is 18.1 Å². The van der Waals surface area contributed by atoms with Gasteiger partial charge in [0.2, 0.25) is 5.88 Å². The van der Waals surface area contributed by atoms with Crippen molar-refractivity contribution in [2.75, 3.05) is 12.3 Å². The zero-order valence-electron chi connectivity index (χ0n) is 17.1. The van der Waals surface area contributed by atoms with Crippen LogP contribution in [0.1, 0.15) is 25.8 Å². The summed E-state index contributed by atoms with van der Waals surface area (Å²) >= 11 is 1.66. The topological polar surface area (TPSA) is 101 Å². The van der Waals surface area contributed by atoms with Crippen LogP contribution in [0.5, 0.6) is 5.88 Å². The van der Waals surface area contributed by atoms with Gasteiger partial charge in [-0.3, -0.25) is 10.4 Å². The van der Waals surface area contributed by atoms with Crippen molar-refractivity contribution in [1.29, 1.82) is 0 Å². The Morgan fingerprint density at radius 2 is 2.13 bits per heavy atom. The van der Waals surface area contributed by atoms with Gasteiger partial charge in [-0.05, 0) is 38.5 Å². The molecule has 156 valence electrons. The molecule has 3 aromatic rings. The molecule has 1 unspecified atom stereocenters. The summed E-state index contributed by atoms with van der Waals surface area (Å²) in [6.07, 6.45) is 4.55. The van der Waals surface area contributed by atoms with Gasteiger partial charge >= 0.3 is 0 Å². The molecule has 1 atom stereocenters. The Morgan fingerprint density at radius 1 is 1.23 bits per heavy atom. The van der Waals surface area contributed by atoms with Crippen LogP contribution in [0.2, 0.25) is 0 Å². The molecule has 3 heterocycles. The van der Waals surface area contributed by atoms with Crippen molar-refractivity contribution in [3.63, 3.8) is 0 Å². The number of rotatable bonds is 4. The number of benzene rings is 1. The minimum absolute atomic E-state index is 0.0763. The molecule has 1 aromatic carbocycles. The summed E-state index contributed by atoms with van der Waals surface area (Å²) in [4.78, 5) is 12.3. The van der Waals surface area contributed by atoms with Crippen LogP contribution in [0, 0.1) is 0 Å². The Balaban J connectivity index is 1.70. The molecular formula is C22H26N6OS. The lowest BCUT2D eigenvalue weighted by Gasteiger charge is -2.13. The van der Waals surface area contributed by atoms with Gasteiger partial charge < -0.3 is 15.5 Å². The van der Waals surface area contributed by atoms with Crippen molar-refractivity contribution >= 4 is 34.0 Å². The van der Waals surface area contributed by atoms with Crippen molar-refractivity contribution in [3.05, 3.63) is 48.2 Å². The number of hydrazone groups is 1. The van der Waals surface area contributed by atoms with Crippen molar-refractivity contribution < 1.29 is 4.74 Å². The minimum atomic E-state index is 0.0763. The molecule has 4 N–H and O–H groups in total. The third-order valence-electron chi connectivity index (χ3n) is 4.66. The molecule has 0 bridgehead atoms. The van der Waals surface area contributed by atoms with Gasteiger partial charge in [-0.1, -0.05) is 12.1 Å². The van der Waals surface area contributed by atoms with E-state index < -0.39 is 0 Å². The number of aromatic nitrogens is 2. The summed E-state index contributed by atoms with van der Waals surface area (Å²) in [7, 11) is 0.